The molecule has 3 heterocycles. The summed E-state index contributed by atoms with van der Waals surface area (Å²) in [5, 5.41) is 6.32. The van der Waals surface area contributed by atoms with Gasteiger partial charge in [0.15, 0.2) is 5.13 Å². The first-order valence-electron chi connectivity index (χ1n) is 8.79. The number of hydrogen-bond acceptors (Lipinski definition) is 8. The van der Waals surface area contributed by atoms with Crippen molar-refractivity contribution >= 4 is 55.6 Å². The molecule has 3 aromatic heterocycles. The molecule has 0 atom stereocenters. The van der Waals surface area contributed by atoms with Crippen LogP contribution in [-0.4, -0.2) is 35.0 Å². The highest BCUT2D eigenvalue weighted by Crippen LogP contribution is 2.35. The van der Waals surface area contributed by atoms with Gasteiger partial charge in [0.05, 0.1) is 31.9 Å². The lowest BCUT2D eigenvalue weighted by Gasteiger charge is -2.04. The number of carbonyl (C=O) groups excluding carboxylic acids is 1. The van der Waals surface area contributed by atoms with Gasteiger partial charge in [0, 0.05) is 19.4 Å². The average Bonchev–Trinajstić information content (AvgIpc) is 3.44. The summed E-state index contributed by atoms with van der Waals surface area (Å²) >= 11 is 6.27. The number of rotatable bonds is 6. The van der Waals surface area contributed by atoms with E-state index in [9.17, 15) is 4.79 Å². The molecule has 2 N–H and O–H groups in total. The van der Waals surface area contributed by atoms with Gasteiger partial charge < -0.3 is 10.1 Å². The first-order valence-corrected chi connectivity index (χ1v) is 11.2. The minimum atomic E-state index is -0.203. The predicted molar refractivity (Wildman–Crippen MR) is 125 cm³/mol. The molecular weight excluding hydrogens is 486 g/mol. The number of carbonyl (C=O) groups is 1. The van der Waals surface area contributed by atoms with Crippen LogP contribution in [0.1, 0.15) is 9.67 Å². The molecule has 4 aromatic rings. The standard InChI is InChI=1S/C20H16BrN5O2S2/c1-22-19-23-8-7-13(25-19)15-5-6-16(29-15)18(27)26-20-24-10-17(30-20)11-3-4-14(28-2)12(21)9-11/h3-10H,1-2H3,(H,22,23,25)(H,24,26,27). The lowest BCUT2D eigenvalue weighted by molar-refractivity contribution is 0.103. The Hall–Kier alpha value is -2.82. The van der Waals surface area contributed by atoms with Gasteiger partial charge in [-0.15, -0.1) is 11.3 Å². The van der Waals surface area contributed by atoms with E-state index in [1.54, 1.807) is 32.6 Å². The van der Waals surface area contributed by atoms with Gasteiger partial charge in [0.25, 0.3) is 5.91 Å². The Kier molecular flexibility index (Phi) is 6.07. The zero-order chi connectivity index (χ0) is 21.1. The molecule has 152 valence electrons. The Morgan fingerprint density at radius 2 is 1.97 bits per heavy atom. The molecular formula is C20H16BrN5O2S2. The van der Waals surface area contributed by atoms with E-state index in [0.29, 0.717) is 16.0 Å². The maximum atomic E-state index is 12.7. The van der Waals surface area contributed by atoms with Crippen LogP contribution in [0, 0.1) is 0 Å². The molecule has 1 amide bonds. The van der Waals surface area contributed by atoms with Gasteiger partial charge in [-0.05, 0) is 57.9 Å². The minimum absolute atomic E-state index is 0.203. The number of thiophene rings is 1. The molecule has 1 aromatic carbocycles. The molecule has 0 saturated carbocycles. The molecule has 0 unspecified atom stereocenters. The van der Waals surface area contributed by atoms with Crippen LogP contribution in [0.15, 0.2) is 53.3 Å². The summed E-state index contributed by atoms with van der Waals surface area (Å²) in [6.07, 6.45) is 3.43. The van der Waals surface area contributed by atoms with Gasteiger partial charge in [-0.25, -0.2) is 15.0 Å². The van der Waals surface area contributed by atoms with Crippen LogP contribution in [0.3, 0.4) is 0 Å². The van der Waals surface area contributed by atoms with Crippen LogP contribution in [-0.2, 0) is 0 Å². The molecule has 0 aliphatic carbocycles. The van der Waals surface area contributed by atoms with Gasteiger partial charge in [0.2, 0.25) is 5.95 Å². The second-order valence-corrected chi connectivity index (χ2v) is 8.98. The molecule has 0 bridgehead atoms. The van der Waals surface area contributed by atoms with Crippen LogP contribution < -0.4 is 15.4 Å². The van der Waals surface area contributed by atoms with E-state index in [2.05, 4.69) is 41.5 Å². The van der Waals surface area contributed by atoms with Gasteiger partial charge in [-0.3, -0.25) is 10.1 Å². The summed E-state index contributed by atoms with van der Waals surface area (Å²) in [4.78, 5) is 27.9. The molecule has 0 spiro atoms. The molecule has 0 saturated heterocycles. The van der Waals surface area contributed by atoms with E-state index >= 15 is 0 Å². The van der Waals surface area contributed by atoms with Gasteiger partial charge in [0.1, 0.15) is 5.75 Å². The smallest absolute Gasteiger partial charge is 0.267 e. The number of ether oxygens (including phenoxy) is 1. The number of amides is 1. The molecule has 0 aliphatic rings. The molecule has 10 heteroatoms. The van der Waals surface area contributed by atoms with Crippen molar-refractivity contribution in [2.45, 2.75) is 0 Å². The molecule has 0 radical (unpaired) electrons. The summed E-state index contributed by atoms with van der Waals surface area (Å²) < 4.78 is 6.12. The van der Waals surface area contributed by atoms with E-state index in [-0.39, 0.29) is 5.91 Å². The largest absolute Gasteiger partial charge is 0.496 e. The molecule has 7 nitrogen and oxygen atoms in total. The van der Waals surface area contributed by atoms with Gasteiger partial charge in [-0.1, -0.05) is 11.3 Å². The zero-order valence-corrected chi connectivity index (χ0v) is 19.2. The van der Waals surface area contributed by atoms with E-state index < -0.39 is 0 Å². The van der Waals surface area contributed by atoms with Crippen LogP contribution in [0.5, 0.6) is 5.75 Å². The Morgan fingerprint density at radius 1 is 1.10 bits per heavy atom. The number of thiazole rings is 1. The van der Waals surface area contributed by atoms with Crippen molar-refractivity contribution in [2.24, 2.45) is 0 Å². The van der Waals surface area contributed by atoms with Crippen molar-refractivity contribution in [3.05, 3.63) is 58.1 Å². The van der Waals surface area contributed by atoms with Crippen molar-refractivity contribution in [2.75, 3.05) is 24.8 Å². The predicted octanol–water partition coefficient (Wildman–Crippen LogP) is 5.39. The molecule has 30 heavy (non-hydrogen) atoms. The van der Waals surface area contributed by atoms with E-state index in [1.807, 2.05) is 30.3 Å². The fourth-order valence-corrected chi connectivity index (χ4v) is 4.88. The SMILES string of the molecule is CNc1nccc(-c2ccc(C(=O)Nc3ncc(-c4ccc(OC)c(Br)c4)s3)s2)n1. The average molecular weight is 502 g/mol. The highest BCUT2D eigenvalue weighted by molar-refractivity contribution is 9.10. The quantitative estimate of drug-likeness (QED) is 0.367. The fourth-order valence-electron chi connectivity index (χ4n) is 2.66. The second-order valence-electron chi connectivity index (χ2n) is 6.01. The summed E-state index contributed by atoms with van der Waals surface area (Å²) in [5.41, 5.74) is 1.75. The highest BCUT2D eigenvalue weighted by atomic mass is 79.9. The van der Waals surface area contributed by atoms with Crippen LogP contribution in [0.2, 0.25) is 0 Å². The van der Waals surface area contributed by atoms with E-state index in [4.69, 9.17) is 4.74 Å². The summed E-state index contributed by atoms with van der Waals surface area (Å²) in [6, 6.07) is 11.3. The number of nitrogens with zero attached hydrogens (tertiary/aromatic N) is 3. The second kappa shape index (κ2) is 8.90. The molecule has 0 aliphatic heterocycles. The Morgan fingerprint density at radius 3 is 2.73 bits per heavy atom. The number of nitrogens with one attached hydrogen (secondary N) is 2. The lowest BCUT2D eigenvalue weighted by atomic mass is 10.2. The first kappa shape index (κ1) is 20.5. The Balaban J connectivity index is 1.49. The number of halogens is 1. The maximum Gasteiger partial charge on any atom is 0.267 e. The van der Waals surface area contributed by atoms with E-state index in [0.717, 1.165) is 31.2 Å². The third kappa shape index (κ3) is 4.35. The molecule has 4 rings (SSSR count). The van der Waals surface area contributed by atoms with Crippen LogP contribution in [0.25, 0.3) is 21.0 Å². The van der Waals surface area contributed by atoms with Crippen LogP contribution >= 0.6 is 38.6 Å². The number of aromatic nitrogens is 3. The molecule has 0 fully saturated rings. The monoisotopic (exact) mass is 501 g/mol. The zero-order valence-electron chi connectivity index (χ0n) is 16.0. The van der Waals surface area contributed by atoms with Crippen molar-refractivity contribution < 1.29 is 9.53 Å². The number of methoxy groups -OCH3 is 1. The van der Waals surface area contributed by atoms with Gasteiger partial charge in [-0.2, -0.15) is 0 Å². The Bertz CT molecular complexity index is 1210. The normalized spacial score (nSPS) is 10.6. The third-order valence-corrected chi connectivity index (χ3v) is 6.81. The minimum Gasteiger partial charge on any atom is -0.496 e. The van der Waals surface area contributed by atoms with E-state index in [1.165, 1.54) is 22.7 Å². The van der Waals surface area contributed by atoms with Crippen molar-refractivity contribution in [3.63, 3.8) is 0 Å². The Labute approximate surface area is 189 Å². The maximum absolute atomic E-state index is 12.7. The number of benzene rings is 1. The van der Waals surface area contributed by atoms with Gasteiger partial charge >= 0.3 is 0 Å². The van der Waals surface area contributed by atoms with Crippen LogP contribution in [0.4, 0.5) is 11.1 Å². The number of hydrogen-bond donors (Lipinski definition) is 2. The van der Waals surface area contributed by atoms with Crippen molar-refractivity contribution in [1.29, 1.82) is 0 Å². The number of anilines is 2. The summed E-state index contributed by atoms with van der Waals surface area (Å²) in [6.45, 7) is 0. The lowest BCUT2D eigenvalue weighted by Crippen LogP contribution is -2.09. The first-order chi connectivity index (χ1) is 14.6. The highest BCUT2D eigenvalue weighted by Gasteiger charge is 2.14. The topological polar surface area (TPSA) is 89.0 Å². The third-order valence-electron chi connectivity index (χ3n) is 4.12. The van der Waals surface area contributed by atoms with Crippen molar-refractivity contribution in [1.82, 2.24) is 15.0 Å². The summed E-state index contributed by atoms with van der Waals surface area (Å²) in [5.74, 6) is 1.09. The summed E-state index contributed by atoms with van der Waals surface area (Å²) in [7, 11) is 3.39. The fraction of sp³-hybridized carbons (Fsp3) is 0.100. The van der Waals surface area contributed by atoms with Crippen molar-refractivity contribution in [3.8, 4) is 26.8 Å².